The Labute approximate surface area is 77.2 Å². The van der Waals surface area contributed by atoms with Gasteiger partial charge in [-0.15, -0.1) is 0 Å². The van der Waals surface area contributed by atoms with E-state index >= 15 is 0 Å². The number of ether oxygens (including phenoxy) is 1. The molecular formula is C10H10N2O. The van der Waals surface area contributed by atoms with Gasteiger partial charge in [-0.2, -0.15) is 4.98 Å². The molecule has 0 bridgehead atoms. The highest BCUT2D eigenvalue weighted by atomic mass is 16.5. The van der Waals surface area contributed by atoms with Crippen LogP contribution < -0.4 is 4.74 Å². The van der Waals surface area contributed by atoms with E-state index in [1.165, 1.54) is 12.8 Å². The average Bonchev–Trinajstić information content (AvgIpc) is 2.99. The van der Waals surface area contributed by atoms with Gasteiger partial charge in [0, 0.05) is 18.2 Å². The van der Waals surface area contributed by atoms with Crippen LogP contribution >= 0.6 is 0 Å². The van der Waals surface area contributed by atoms with Crippen LogP contribution in [0.1, 0.15) is 18.7 Å². The van der Waals surface area contributed by atoms with Crippen molar-refractivity contribution in [3.63, 3.8) is 0 Å². The van der Waals surface area contributed by atoms with Crippen molar-refractivity contribution in [1.82, 2.24) is 9.97 Å². The first-order valence-corrected chi connectivity index (χ1v) is 4.27. The lowest BCUT2D eigenvalue weighted by atomic mass is 10.4. The molecule has 1 saturated carbocycles. The first-order chi connectivity index (χ1) is 6.38. The quantitative estimate of drug-likeness (QED) is 0.601. The van der Waals surface area contributed by atoms with Crippen molar-refractivity contribution in [1.29, 1.82) is 0 Å². The summed E-state index contributed by atoms with van der Waals surface area (Å²) in [4.78, 5) is 8.11. The van der Waals surface area contributed by atoms with Crippen LogP contribution in [-0.4, -0.2) is 17.1 Å². The van der Waals surface area contributed by atoms with E-state index in [1.54, 1.807) is 19.4 Å². The zero-order valence-corrected chi connectivity index (χ0v) is 7.45. The van der Waals surface area contributed by atoms with Gasteiger partial charge in [0.05, 0.1) is 7.11 Å². The van der Waals surface area contributed by atoms with Crippen molar-refractivity contribution in [2.75, 3.05) is 7.11 Å². The highest BCUT2D eigenvalue weighted by molar-refractivity contribution is 5.25. The maximum absolute atomic E-state index is 4.96. The Bertz CT molecular complexity index is 361. The monoisotopic (exact) mass is 174 g/mol. The highest BCUT2D eigenvalue weighted by Crippen LogP contribution is 2.27. The molecule has 0 radical (unpaired) electrons. The molecule has 0 aliphatic heterocycles. The largest absolute Gasteiger partial charge is 0.481 e. The smallest absolute Gasteiger partial charge is 0.217 e. The van der Waals surface area contributed by atoms with Gasteiger partial charge in [0.15, 0.2) is 0 Å². The maximum Gasteiger partial charge on any atom is 0.217 e. The van der Waals surface area contributed by atoms with Crippen molar-refractivity contribution < 1.29 is 4.74 Å². The Morgan fingerprint density at radius 2 is 2.38 bits per heavy atom. The van der Waals surface area contributed by atoms with Crippen molar-refractivity contribution in [2.45, 2.75) is 12.8 Å². The van der Waals surface area contributed by atoms with E-state index in [9.17, 15) is 0 Å². The van der Waals surface area contributed by atoms with E-state index in [1.807, 2.05) is 0 Å². The maximum atomic E-state index is 4.96. The minimum absolute atomic E-state index is 0.547. The summed E-state index contributed by atoms with van der Waals surface area (Å²) >= 11 is 0. The highest BCUT2D eigenvalue weighted by Gasteiger charge is 2.17. The van der Waals surface area contributed by atoms with Crippen LogP contribution in [0, 0.1) is 17.8 Å². The van der Waals surface area contributed by atoms with E-state index in [0.29, 0.717) is 17.6 Å². The van der Waals surface area contributed by atoms with Gasteiger partial charge < -0.3 is 4.74 Å². The number of aromatic nitrogens is 2. The molecular weight excluding hydrogens is 164 g/mol. The SMILES string of the molecule is COc1ccnc(C#CC2CC2)n1. The summed E-state index contributed by atoms with van der Waals surface area (Å²) in [5.41, 5.74) is 0. The Morgan fingerprint density at radius 3 is 3.08 bits per heavy atom. The molecule has 1 aliphatic carbocycles. The number of rotatable bonds is 1. The summed E-state index contributed by atoms with van der Waals surface area (Å²) in [6, 6.07) is 1.71. The molecule has 0 saturated heterocycles. The lowest BCUT2D eigenvalue weighted by Gasteiger charge is -1.95. The second-order valence-corrected chi connectivity index (χ2v) is 2.97. The molecule has 13 heavy (non-hydrogen) atoms. The van der Waals surface area contributed by atoms with Crippen molar-refractivity contribution in [3.8, 4) is 17.7 Å². The van der Waals surface area contributed by atoms with Gasteiger partial charge in [-0.05, 0) is 18.8 Å². The predicted octanol–water partition coefficient (Wildman–Crippen LogP) is 1.25. The molecule has 2 rings (SSSR count). The van der Waals surface area contributed by atoms with E-state index < -0.39 is 0 Å². The summed E-state index contributed by atoms with van der Waals surface area (Å²) in [5.74, 6) is 7.71. The Hall–Kier alpha value is -1.56. The van der Waals surface area contributed by atoms with Crippen LogP contribution in [0.5, 0.6) is 5.88 Å². The summed E-state index contributed by atoms with van der Waals surface area (Å²) in [5, 5.41) is 0. The Morgan fingerprint density at radius 1 is 1.54 bits per heavy atom. The van der Waals surface area contributed by atoms with Gasteiger partial charge in [-0.1, -0.05) is 5.92 Å². The van der Waals surface area contributed by atoms with Crippen LogP contribution in [-0.2, 0) is 0 Å². The number of hydrogen-bond acceptors (Lipinski definition) is 3. The molecule has 0 N–H and O–H groups in total. The third-order valence-electron chi connectivity index (χ3n) is 1.80. The molecule has 1 aromatic heterocycles. The van der Waals surface area contributed by atoms with Gasteiger partial charge in [0.25, 0.3) is 0 Å². The second kappa shape index (κ2) is 3.44. The normalized spacial score (nSPS) is 14.5. The number of methoxy groups -OCH3 is 1. The fraction of sp³-hybridized carbons (Fsp3) is 0.400. The molecule has 1 heterocycles. The van der Waals surface area contributed by atoms with E-state index in [0.717, 1.165) is 0 Å². The molecule has 3 nitrogen and oxygen atoms in total. The minimum atomic E-state index is 0.547. The summed E-state index contributed by atoms with van der Waals surface area (Å²) in [7, 11) is 1.58. The van der Waals surface area contributed by atoms with Crippen molar-refractivity contribution >= 4 is 0 Å². The Balaban J connectivity index is 2.15. The van der Waals surface area contributed by atoms with Gasteiger partial charge in [-0.3, -0.25) is 0 Å². The zero-order chi connectivity index (χ0) is 9.10. The summed E-state index contributed by atoms with van der Waals surface area (Å²) < 4.78 is 4.96. The molecule has 1 fully saturated rings. The van der Waals surface area contributed by atoms with Crippen molar-refractivity contribution in [2.24, 2.45) is 5.92 Å². The van der Waals surface area contributed by atoms with Crippen LogP contribution in [0.4, 0.5) is 0 Å². The van der Waals surface area contributed by atoms with Crippen LogP contribution in [0.15, 0.2) is 12.3 Å². The van der Waals surface area contributed by atoms with Crippen LogP contribution in [0.3, 0.4) is 0 Å². The second-order valence-electron chi connectivity index (χ2n) is 2.97. The number of hydrogen-bond donors (Lipinski definition) is 0. The van der Waals surface area contributed by atoms with E-state index in [2.05, 4.69) is 21.8 Å². The topological polar surface area (TPSA) is 35.0 Å². The van der Waals surface area contributed by atoms with Crippen LogP contribution in [0.25, 0.3) is 0 Å². The minimum Gasteiger partial charge on any atom is -0.481 e. The lowest BCUT2D eigenvalue weighted by molar-refractivity contribution is 0.396. The molecule has 0 amide bonds. The molecule has 0 atom stereocenters. The molecule has 0 spiro atoms. The Kier molecular flexibility index (Phi) is 2.13. The average molecular weight is 174 g/mol. The summed E-state index contributed by atoms with van der Waals surface area (Å²) in [6.45, 7) is 0. The molecule has 1 aliphatic rings. The molecule has 1 aromatic rings. The van der Waals surface area contributed by atoms with Gasteiger partial charge >= 0.3 is 0 Å². The standard InChI is InChI=1S/C10H10N2O/c1-13-10-6-7-11-9(12-10)5-4-8-2-3-8/h6-8H,2-3H2,1H3. The molecule has 66 valence electrons. The third-order valence-corrected chi connectivity index (χ3v) is 1.80. The number of nitrogens with zero attached hydrogens (tertiary/aromatic N) is 2. The van der Waals surface area contributed by atoms with Gasteiger partial charge in [0.2, 0.25) is 11.7 Å². The first kappa shape index (κ1) is 8.06. The van der Waals surface area contributed by atoms with Crippen LogP contribution in [0.2, 0.25) is 0 Å². The zero-order valence-electron chi connectivity index (χ0n) is 7.45. The third kappa shape index (κ3) is 2.19. The van der Waals surface area contributed by atoms with E-state index in [4.69, 9.17) is 4.74 Å². The molecule has 3 heteroatoms. The predicted molar refractivity (Wildman–Crippen MR) is 48.2 cm³/mol. The molecule has 0 aromatic carbocycles. The summed E-state index contributed by atoms with van der Waals surface area (Å²) in [6.07, 6.45) is 4.09. The fourth-order valence-corrected chi connectivity index (χ4v) is 0.910. The lowest BCUT2D eigenvalue weighted by Crippen LogP contribution is -1.92. The van der Waals surface area contributed by atoms with Gasteiger partial charge in [0.1, 0.15) is 0 Å². The fourth-order valence-electron chi connectivity index (χ4n) is 0.910. The van der Waals surface area contributed by atoms with Gasteiger partial charge in [-0.25, -0.2) is 4.98 Å². The van der Waals surface area contributed by atoms with E-state index in [-0.39, 0.29) is 0 Å². The molecule has 0 unspecified atom stereocenters. The van der Waals surface area contributed by atoms with Crippen molar-refractivity contribution in [3.05, 3.63) is 18.1 Å². The first-order valence-electron chi connectivity index (χ1n) is 4.27.